The second kappa shape index (κ2) is 4.19. The molecule has 0 spiro atoms. The van der Waals surface area contributed by atoms with Crippen LogP contribution in [0.3, 0.4) is 0 Å². The zero-order chi connectivity index (χ0) is 10.8. The molecule has 2 heterocycles. The molecule has 2 N–H and O–H groups in total. The summed E-state index contributed by atoms with van der Waals surface area (Å²) >= 11 is 0. The van der Waals surface area contributed by atoms with Crippen molar-refractivity contribution in [2.24, 2.45) is 11.7 Å². The average molecular weight is 205 g/mol. The number of nitrogens with zero attached hydrogens (tertiary/aromatic N) is 2. The van der Waals surface area contributed by atoms with Crippen molar-refractivity contribution in [3.05, 3.63) is 23.9 Å². The van der Waals surface area contributed by atoms with Gasteiger partial charge in [0.15, 0.2) is 0 Å². The Morgan fingerprint density at radius 1 is 1.60 bits per heavy atom. The van der Waals surface area contributed by atoms with Gasteiger partial charge in [0.05, 0.1) is 0 Å². The molecule has 1 aromatic rings. The Hall–Kier alpha value is -1.09. The van der Waals surface area contributed by atoms with E-state index in [0.29, 0.717) is 12.0 Å². The fourth-order valence-electron chi connectivity index (χ4n) is 2.12. The van der Waals surface area contributed by atoms with Crippen molar-refractivity contribution >= 4 is 5.82 Å². The van der Waals surface area contributed by atoms with E-state index in [2.05, 4.69) is 29.8 Å². The minimum atomic E-state index is 0.291. The van der Waals surface area contributed by atoms with Crippen LogP contribution in [0.25, 0.3) is 0 Å². The zero-order valence-corrected chi connectivity index (χ0v) is 9.48. The third kappa shape index (κ3) is 2.29. The quantitative estimate of drug-likeness (QED) is 0.796. The largest absolute Gasteiger partial charge is 0.356 e. The Bertz CT molecular complexity index is 335. The SMILES string of the molecule is Cc1ccnc(N2CCC(C(C)N)C2)c1. The molecule has 2 unspecified atom stereocenters. The lowest BCUT2D eigenvalue weighted by Crippen LogP contribution is -2.29. The van der Waals surface area contributed by atoms with Gasteiger partial charge in [-0.1, -0.05) is 0 Å². The first kappa shape index (κ1) is 10.4. The lowest BCUT2D eigenvalue weighted by molar-refractivity contribution is 0.488. The summed E-state index contributed by atoms with van der Waals surface area (Å²) < 4.78 is 0. The van der Waals surface area contributed by atoms with Crippen LogP contribution in [0.1, 0.15) is 18.9 Å². The van der Waals surface area contributed by atoms with E-state index in [1.807, 2.05) is 12.3 Å². The molecule has 2 rings (SSSR count). The van der Waals surface area contributed by atoms with Crippen molar-refractivity contribution in [3.63, 3.8) is 0 Å². The predicted molar refractivity (Wildman–Crippen MR) is 62.9 cm³/mol. The summed E-state index contributed by atoms with van der Waals surface area (Å²) in [6.45, 7) is 6.33. The molecule has 1 aromatic heterocycles. The maximum atomic E-state index is 5.92. The van der Waals surface area contributed by atoms with Gasteiger partial charge in [-0.3, -0.25) is 0 Å². The third-order valence-corrected chi connectivity index (χ3v) is 3.19. The van der Waals surface area contributed by atoms with Gasteiger partial charge in [-0.25, -0.2) is 4.98 Å². The first-order valence-electron chi connectivity index (χ1n) is 5.60. The minimum absolute atomic E-state index is 0.291. The summed E-state index contributed by atoms with van der Waals surface area (Å²) in [6.07, 6.45) is 3.07. The van der Waals surface area contributed by atoms with Crippen LogP contribution in [0.15, 0.2) is 18.3 Å². The molecule has 3 heteroatoms. The highest BCUT2D eigenvalue weighted by Crippen LogP contribution is 2.23. The average Bonchev–Trinajstić information content (AvgIpc) is 2.66. The van der Waals surface area contributed by atoms with Crippen LogP contribution in [0.4, 0.5) is 5.82 Å². The van der Waals surface area contributed by atoms with Crippen LogP contribution < -0.4 is 10.6 Å². The van der Waals surface area contributed by atoms with Gasteiger partial charge in [-0.05, 0) is 43.9 Å². The number of nitrogens with two attached hydrogens (primary N) is 1. The van der Waals surface area contributed by atoms with Crippen molar-refractivity contribution < 1.29 is 0 Å². The summed E-state index contributed by atoms with van der Waals surface area (Å²) in [5.41, 5.74) is 7.19. The van der Waals surface area contributed by atoms with Gasteiger partial charge in [-0.2, -0.15) is 0 Å². The van der Waals surface area contributed by atoms with Crippen molar-refractivity contribution in [2.45, 2.75) is 26.3 Å². The van der Waals surface area contributed by atoms with E-state index in [-0.39, 0.29) is 0 Å². The highest BCUT2D eigenvalue weighted by atomic mass is 15.2. The number of pyridine rings is 1. The van der Waals surface area contributed by atoms with E-state index in [1.165, 1.54) is 12.0 Å². The highest BCUT2D eigenvalue weighted by Gasteiger charge is 2.25. The minimum Gasteiger partial charge on any atom is -0.356 e. The van der Waals surface area contributed by atoms with E-state index in [4.69, 9.17) is 5.73 Å². The standard InChI is InChI=1S/C12H19N3/c1-9-3-5-14-12(7-9)15-6-4-11(8-15)10(2)13/h3,5,7,10-11H,4,6,8,13H2,1-2H3. The van der Waals surface area contributed by atoms with Crippen molar-refractivity contribution in [3.8, 4) is 0 Å². The van der Waals surface area contributed by atoms with Gasteiger partial charge < -0.3 is 10.6 Å². The Balaban J connectivity index is 2.08. The molecule has 15 heavy (non-hydrogen) atoms. The number of aryl methyl sites for hydroxylation is 1. The molecular weight excluding hydrogens is 186 g/mol. The molecule has 0 amide bonds. The summed E-state index contributed by atoms with van der Waals surface area (Å²) in [5, 5.41) is 0. The fourth-order valence-corrected chi connectivity index (χ4v) is 2.12. The maximum absolute atomic E-state index is 5.92. The van der Waals surface area contributed by atoms with E-state index in [0.717, 1.165) is 18.9 Å². The number of hydrogen-bond donors (Lipinski definition) is 1. The molecule has 1 fully saturated rings. The van der Waals surface area contributed by atoms with Crippen LogP contribution >= 0.6 is 0 Å². The van der Waals surface area contributed by atoms with Gasteiger partial charge in [0.2, 0.25) is 0 Å². The molecule has 2 atom stereocenters. The van der Waals surface area contributed by atoms with Crippen molar-refractivity contribution in [1.29, 1.82) is 0 Å². The van der Waals surface area contributed by atoms with Gasteiger partial charge in [0.1, 0.15) is 5.82 Å². The second-order valence-electron chi connectivity index (χ2n) is 4.55. The Morgan fingerprint density at radius 3 is 3.00 bits per heavy atom. The molecule has 1 aliphatic rings. The normalized spacial score (nSPS) is 23.1. The lowest BCUT2D eigenvalue weighted by Gasteiger charge is -2.19. The molecule has 0 saturated carbocycles. The van der Waals surface area contributed by atoms with E-state index < -0.39 is 0 Å². The van der Waals surface area contributed by atoms with Crippen LogP contribution in [0, 0.1) is 12.8 Å². The van der Waals surface area contributed by atoms with Crippen LogP contribution in [0.5, 0.6) is 0 Å². The Labute approximate surface area is 91.3 Å². The summed E-state index contributed by atoms with van der Waals surface area (Å²) in [5.74, 6) is 1.71. The summed E-state index contributed by atoms with van der Waals surface area (Å²) in [6, 6.07) is 4.46. The van der Waals surface area contributed by atoms with Gasteiger partial charge >= 0.3 is 0 Å². The maximum Gasteiger partial charge on any atom is 0.128 e. The smallest absolute Gasteiger partial charge is 0.128 e. The van der Waals surface area contributed by atoms with Crippen molar-refractivity contribution in [1.82, 2.24) is 4.98 Å². The van der Waals surface area contributed by atoms with Gasteiger partial charge in [0.25, 0.3) is 0 Å². The number of hydrogen-bond acceptors (Lipinski definition) is 3. The number of rotatable bonds is 2. The van der Waals surface area contributed by atoms with Crippen LogP contribution in [-0.2, 0) is 0 Å². The molecule has 0 bridgehead atoms. The first-order valence-corrected chi connectivity index (χ1v) is 5.60. The van der Waals surface area contributed by atoms with E-state index >= 15 is 0 Å². The third-order valence-electron chi connectivity index (χ3n) is 3.19. The lowest BCUT2D eigenvalue weighted by atomic mass is 10.0. The molecule has 1 saturated heterocycles. The van der Waals surface area contributed by atoms with E-state index in [9.17, 15) is 0 Å². The zero-order valence-electron chi connectivity index (χ0n) is 9.48. The number of anilines is 1. The molecule has 3 nitrogen and oxygen atoms in total. The molecular formula is C12H19N3. The van der Waals surface area contributed by atoms with Crippen molar-refractivity contribution in [2.75, 3.05) is 18.0 Å². The first-order chi connectivity index (χ1) is 7.16. The van der Waals surface area contributed by atoms with Gasteiger partial charge in [0, 0.05) is 25.3 Å². The summed E-state index contributed by atoms with van der Waals surface area (Å²) in [7, 11) is 0. The molecule has 0 aromatic carbocycles. The molecule has 0 aliphatic carbocycles. The Morgan fingerprint density at radius 2 is 2.40 bits per heavy atom. The van der Waals surface area contributed by atoms with Crippen LogP contribution in [-0.4, -0.2) is 24.1 Å². The van der Waals surface area contributed by atoms with Gasteiger partial charge in [-0.15, -0.1) is 0 Å². The fraction of sp³-hybridized carbons (Fsp3) is 0.583. The Kier molecular flexibility index (Phi) is 2.91. The molecule has 1 aliphatic heterocycles. The highest BCUT2D eigenvalue weighted by molar-refractivity contribution is 5.41. The monoisotopic (exact) mass is 205 g/mol. The van der Waals surface area contributed by atoms with E-state index in [1.54, 1.807) is 0 Å². The van der Waals surface area contributed by atoms with Crippen LogP contribution in [0.2, 0.25) is 0 Å². The predicted octanol–water partition coefficient (Wildman–Crippen LogP) is 1.56. The number of aromatic nitrogens is 1. The summed E-state index contributed by atoms with van der Waals surface area (Å²) in [4.78, 5) is 6.73. The second-order valence-corrected chi connectivity index (χ2v) is 4.55. The topological polar surface area (TPSA) is 42.2 Å². The molecule has 82 valence electrons. The molecule has 0 radical (unpaired) electrons.